The van der Waals surface area contributed by atoms with Gasteiger partial charge in [-0.3, -0.25) is 4.98 Å². The Balaban J connectivity index is 1.79. The zero-order valence-electron chi connectivity index (χ0n) is 16.5. The summed E-state index contributed by atoms with van der Waals surface area (Å²) in [7, 11) is 0. The summed E-state index contributed by atoms with van der Waals surface area (Å²) in [6, 6.07) is 13.9. The highest BCUT2D eigenvalue weighted by molar-refractivity contribution is 7.80. The highest BCUT2D eigenvalue weighted by Gasteiger charge is 2.41. The zero-order valence-corrected chi connectivity index (χ0v) is 17.3. The van der Waals surface area contributed by atoms with Gasteiger partial charge in [-0.25, -0.2) is 0 Å². The van der Waals surface area contributed by atoms with Crippen molar-refractivity contribution in [3.8, 4) is 5.69 Å². The second-order valence-corrected chi connectivity index (χ2v) is 7.63. The predicted molar refractivity (Wildman–Crippen MR) is 115 cm³/mol. The summed E-state index contributed by atoms with van der Waals surface area (Å²) in [4.78, 5) is 6.43. The molecule has 9 heteroatoms. The van der Waals surface area contributed by atoms with Crippen molar-refractivity contribution >= 4 is 17.3 Å². The fourth-order valence-corrected chi connectivity index (χ4v) is 4.24. The third-order valence-electron chi connectivity index (χ3n) is 5.29. The van der Waals surface area contributed by atoms with E-state index in [0.717, 1.165) is 23.5 Å². The van der Waals surface area contributed by atoms with Crippen LogP contribution in [0, 0.1) is 0 Å². The molecule has 0 radical (unpaired) electrons. The van der Waals surface area contributed by atoms with Crippen LogP contribution in [0.25, 0.3) is 5.69 Å². The molecule has 4 rings (SSSR count). The number of nitrogens with one attached hydrogen (secondary N) is 1. The van der Waals surface area contributed by atoms with Gasteiger partial charge in [-0.1, -0.05) is 12.1 Å². The first-order valence-corrected chi connectivity index (χ1v) is 10.2. The molecule has 2 aromatic heterocycles. The van der Waals surface area contributed by atoms with Crippen LogP contribution in [0.4, 0.5) is 13.2 Å². The molecule has 0 aliphatic carbocycles. The molecule has 1 saturated heterocycles. The number of benzene rings is 1. The van der Waals surface area contributed by atoms with E-state index in [1.807, 2.05) is 29.2 Å². The fraction of sp³-hybridized carbons (Fsp3) is 0.273. The topological polar surface area (TPSA) is 53.3 Å². The van der Waals surface area contributed by atoms with Gasteiger partial charge in [-0.2, -0.15) is 13.2 Å². The van der Waals surface area contributed by atoms with E-state index >= 15 is 0 Å². The minimum atomic E-state index is -4.43. The van der Waals surface area contributed by atoms with Crippen molar-refractivity contribution in [3.63, 3.8) is 0 Å². The van der Waals surface area contributed by atoms with Gasteiger partial charge in [0.15, 0.2) is 5.11 Å². The molecule has 2 N–H and O–H groups in total. The van der Waals surface area contributed by atoms with Crippen LogP contribution >= 0.6 is 12.2 Å². The minimum Gasteiger partial charge on any atom is -0.396 e. The first-order valence-electron chi connectivity index (χ1n) is 9.84. The Morgan fingerprint density at radius 1 is 1.10 bits per heavy atom. The molecule has 5 nitrogen and oxygen atoms in total. The molecule has 1 aromatic carbocycles. The number of halogens is 3. The smallest absolute Gasteiger partial charge is 0.396 e. The number of hydrogen-bond donors (Lipinski definition) is 2. The summed E-state index contributed by atoms with van der Waals surface area (Å²) in [6.45, 7) is 0.513. The molecule has 0 saturated carbocycles. The van der Waals surface area contributed by atoms with E-state index in [-0.39, 0.29) is 18.7 Å². The van der Waals surface area contributed by atoms with Gasteiger partial charge in [0, 0.05) is 36.9 Å². The first-order chi connectivity index (χ1) is 14.9. The molecule has 0 amide bonds. The van der Waals surface area contributed by atoms with Crippen LogP contribution in [0.3, 0.4) is 0 Å². The number of rotatable bonds is 6. The standard InChI is InChI=1S/C22H21F3N4OS/c23-22(24,25)15-6-3-7-16(14-15)28-11-4-9-18(28)20-19(17-8-1-2-10-26-17)27-21(31)29(20)12-5-13-30/h1-4,6-11,14,19-20,30H,5,12-13H2,(H,27,31)/t19-,20+/m0/s1. The maximum atomic E-state index is 13.3. The van der Waals surface area contributed by atoms with Crippen LogP contribution < -0.4 is 5.32 Å². The van der Waals surface area contributed by atoms with E-state index in [2.05, 4.69) is 10.3 Å². The van der Waals surface area contributed by atoms with Gasteiger partial charge in [0.25, 0.3) is 0 Å². The third kappa shape index (κ3) is 4.28. The molecular weight excluding hydrogens is 425 g/mol. The highest BCUT2D eigenvalue weighted by Crippen LogP contribution is 2.40. The molecule has 0 unspecified atom stereocenters. The Morgan fingerprint density at radius 2 is 1.94 bits per heavy atom. The van der Waals surface area contributed by atoms with Crippen LogP contribution in [0.2, 0.25) is 0 Å². The molecule has 1 aliphatic rings. The maximum Gasteiger partial charge on any atom is 0.416 e. The van der Waals surface area contributed by atoms with Crippen molar-refractivity contribution < 1.29 is 18.3 Å². The normalized spacial score (nSPS) is 19.0. The number of aliphatic hydroxyl groups excluding tert-OH is 1. The largest absolute Gasteiger partial charge is 0.416 e. The first kappa shape index (κ1) is 21.3. The second-order valence-electron chi connectivity index (χ2n) is 7.25. The number of hydrogen-bond acceptors (Lipinski definition) is 3. The van der Waals surface area contributed by atoms with E-state index in [9.17, 15) is 18.3 Å². The molecule has 3 aromatic rings. The Morgan fingerprint density at radius 3 is 2.65 bits per heavy atom. The lowest BCUT2D eigenvalue weighted by Crippen LogP contribution is -2.31. The molecule has 1 fully saturated rings. The van der Waals surface area contributed by atoms with Crippen LogP contribution in [-0.4, -0.2) is 37.8 Å². The average Bonchev–Trinajstić information content (AvgIpc) is 3.36. The van der Waals surface area contributed by atoms with E-state index in [1.54, 1.807) is 29.1 Å². The minimum absolute atomic E-state index is 0.00866. The van der Waals surface area contributed by atoms with Gasteiger partial charge >= 0.3 is 6.18 Å². The number of nitrogens with zero attached hydrogens (tertiary/aromatic N) is 3. The van der Waals surface area contributed by atoms with Crippen LogP contribution in [0.5, 0.6) is 0 Å². The number of aliphatic hydroxyl groups is 1. The highest BCUT2D eigenvalue weighted by atomic mass is 32.1. The van der Waals surface area contributed by atoms with Crippen molar-refractivity contribution in [2.45, 2.75) is 24.7 Å². The van der Waals surface area contributed by atoms with Gasteiger partial charge in [0.05, 0.1) is 23.3 Å². The summed E-state index contributed by atoms with van der Waals surface area (Å²) in [5.41, 5.74) is 1.26. The Labute approximate surface area is 183 Å². The molecule has 31 heavy (non-hydrogen) atoms. The van der Waals surface area contributed by atoms with Crippen LogP contribution in [-0.2, 0) is 6.18 Å². The summed E-state index contributed by atoms with van der Waals surface area (Å²) in [5.74, 6) is 0. The monoisotopic (exact) mass is 446 g/mol. The van der Waals surface area contributed by atoms with Crippen molar-refractivity contribution in [1.82, 2.24) is 19.8 Å². The second kappa shape index (κ2) is 8.68. The van der Waals surface area contributed by atoms with Crippen LogP contribution in [0.1, 0.15) is 35.5 Å². The van der Waals surface area contributed by atoms with Gasteiger partial charge < -0.3 is 19.9 Å². The number of thiocarbonyl (C=S) groups is 1. The van der Waals surface area contributed by atoms with Gasteiger partial charge in [-0.05, 0) is 61.1 Å². The van der Waals surface area contributed by atoms with E-state index in [1.165, 1.54) is 6.07 Å². The summed E-state index contributed by atoms with van der Waals surface area (Å²) < 4.78 is 41.6. The van der Waals surface area contributed by atoms with Gasteiger partial charge in [-0.15, -0.1) is 0 Å². The van der Waals surface area contributed by atoms with Crippen molar-refractivity contribution in [3.05, 3.63) is 83.9 Å². The lowest BCUT2D eigenvalue weighted by atomic mass is 10.0. The van der Waals surface area contributed by atoms with Crippen molar-refractivity contribution in [2.24, 2.45) is 0 Å². The Bertz CT molecular complexity index is 1050. The predicted octanol–water partition coefficient (Wildman–Crippen LogP) is 4.25. The third-order valence-corrected chi connectivity index (χ3v) is 5.64. The molecule has 0 bridgehead atoms. The molecular formula is C22H21F3N4OS. The zero-order chi connectivity index (χ0) is 22.0. The van der Waals surface area contributed by atoms with Crippen molar-refractivity contribution in [1.29, 1.82) is 0 Å². The Hall–Kier alpha value is -2.91. The average molecular weight is 446 g/mol. The Kier molecular flexibility index (Phi) is 5.97. The molecule has 0 spiro atoms. The molecule has 1 aliphatic heterocycles. The SMILES string of the molecule is OCCCN1C(=S)N[C@@H](c2ccccn2)[C@H]1c1cccn1-c1cccc(C(F)(F)F)c1. The summed E-state index contributed by atoms with van der Waals surface area (Å²) in [6.07, 6.45) is -0.480. The molecule has 2 atom stereocenters. The lowest BCUT2D eigenvalue weighted by molar-refractivity contribution is -0.137. The maximum absolute atomic E-state index is 13.3. The molecule has 162 valence electrons. The quantitative estimate of drug-likeness (QED) is 0.555. The fourth-order valence-electron chi connectivity index (χ4n) is 3.91. The van der Waals surface area contributed by atoms with E-state index in [4.69, 9.17) is 12.2 Å². The lowest BCUT2D eigenvalue weighted by Gasteiger charge is -2.29. The molecule has 3 heterocycles. The van der Waals surface area contributed by atoms with Crippen LogP contribution in [0.15, 0.2) is 67.0 Å². The number of aromatic nitrogens is 2. The van der Waals surface area contributed by atoms with E-state index < -0.39 is 11.7 Å². The van der Waals surface area contributed by atoms with Gasteiger partial charge in [0.1, 0.15) is 0 Å². The van der Waals surface area contributed by atoms with E-state index in [0.29, 0.717) is 23.8 Å². The summed E-state index contributed by atoms with van der Waals surface area (Å²) >= 11 is 5.56. The summed E-state index contributed by atoms with van der Waals surface area (Å²) in [5, 5.41) is 13.2. The number of alkyl halides is 3. The van der Waals surface area contributed by atoms with Gasteiger partial charge in [0.2, 0.25) is 0 Å². The van der Waals surface area contributed by atoms with Crippen molar-refractivity contribution in [2.75, 3.05) is 13.2 Å². The number of pyridine rings is 1.